The van der Waals surface area contributed by atoms with Gasteiger partial charge in [0, 0.05) is 4.90 Å². The Hall–Kier alpha value is -0.740. The van der Waals surface area contributed by atoms with Gasteiger partial charge >= 0.3 is 0 Å². The lowest BCUT2D eigenvalue weighted by molar-refractivity contribution is 0.161. The number of benzene rings is 1. The minimum absolute atomic E-state index is 0.251. The minimum atomic E-state index is -1.31. The van der Waals surface area contributed by atoms with Crippen LogP contribution >= 0.6 is 0 Å². The van der Waals surface area contributed by atoms with Crippen molar-refractivity contribution in [1.82, 2.24) is 0 Å². The highest BCUT2D eigenvalue weighted by molar-refractivity contribution is 7.85. The van der Waals surface area contributed by atoms with Crippen molar-refractivity contribution in [3.05, 3.63) is 30.1 Å². The lowest BCUT2D eigenvalue weighted by atomic mass is 10.1. The van der Waals surface area contributed by atoms with Gasteiger partial charge < -0.3 is 5.11 Å². The first-order chi connectivity index (χ1) is 8.18. The van der Waals surface area contributed by atoms with Crippen LogP contribution in [0.2, 0.25) is 0 Å². The standard InChI is InChI=1S/C13H17FO2S/c14-10-5-4-6-11(9-10)17(16)13-8-3-1-2-7-12(13)15/h4-6,9,12-13,15H,1-3,7-8H2. The summed E-state index contributed by atoms with van der Waals surface area (Å²) in [5.74, 6) is -0.376. The molecule has 2 nitrogen and oxygen atoms in total. The van der Waals surface area contributed by atoms with E-state index in [9.17, 15) is 13.7 Å². The molecule has 1 saturated carbocycles. The lowest BCUT2D eigenvalue weighted by Crippen LogP contribution is -2.29. The van der Waals surface area contributed by atoms with Gasteiger partial charge in [-0.3, -0.25) is 4.21 Å². The van der Waals surface area contributed by atoms with Crippen molar-refractivity contribution in [2.24, 2.45) is 0 Å². The molecule has 1 aliphatic carbocycles. The Balaban J connectivity index is 2.18. The molecule has 0 saturated heterocycles. The SMILES string of the molecule is O=S(c1cccc(F)c1)C1CCCCCC1O. The summed E-state index contributed by atoms with van der Waals surface area (Å²) in [5.41, 5.74) is 0. The Morgan fingerprint density at radius 3 is 2.76 bits per heavy atom. The zero-order valence-electron chi connectivity index (χ0n) is 9.64. The van der Waals surface area contributed by atoms with E-state index in [0.29, 0.717) is 11.3 Å². The van der Waals surface area contributed by atoms with Crippen LogP contribution in [0.1, 0.15) is 32.1 Å². The Bertz CT molecular complexity index is 408. The zero-order chi connectivity index (χ0) is 12.3. The Morgan fingerprint density at radius 1 is 1.24 bits per heavy atom. The van der Waals surface area contributed by atoms with Gasteiger partial charge in [-0.1, -0.05) is 25.3 Å². The molecule has 2 rings (SSSR count). The van der Waals surface area contributed by atoms with Crippen LogP contribution in [0.3, 0.4) is 0 Å². The van der Waals surface area contributed by atoms with Crippen LogP contribution in [0.4, 0.5) is 4.39 Å². The Kier molecular flexibility index (Phi) is 4.29. The molecule has 4 heteroatoms. The molecule has 3 atom stereocenters. The smallest absolute Gasteiger partial charge is 0.124 e. The van der Waals surface area contributed by atoms with Gasteiger partial charge in [0.15, 0.2) is 0 Å². The Labute approximate surface area is 103 Å². The van der Waals surface area contributed by atoms with Gasteiger partial charge in [-0.2, -0.15) is 0 Å². The fourth-order valence-corrected chi connectivity index (χ4v) is 3.86. The van der Waals surface area contributed by atoms with Gasteiger partial charge in [0.05, 0.1) is 22.2 Å². The second-order valence-corrected chi connectivity index (χ2v) is 6.17. The molecule has 0 amide bonds. The monoisotopic (exact) mass is 256 g/mol. The van der Waals surface area contributed by atoms with Crippen LogP contribution < -0.4 is 0 Å². The van der Waals surface area contributed by atoms with Crippen molar-refractivity contribution in [2.45, 2.75) is 48.4 Å². The fraction of sp³-hybridized carbons (Fsp3) is 0.538. The number of hydrogen-bond acceptors (Lipinski definition) is 2. The molecule has 17 heavy (non-hydrogen) atoms. The van der Waals surface area contributed by atoms with Crippen LogP contribution in [0.15, 0.2) is 29.2 Å². The third-order valence-electron chi connectivity index (χ3n) is 3.22. The molecule has 0 aromatic heterocycles. The second-order valence-electron chi connectivity index (χ2n) is 4.50. The van der Waals surface area contributed by atoms with E-state index in [1.807, 2.05) is 0 Å². The molecular formula is C13H17FO2S. The van der Waals surface area contributed by atoms with Crippen molar-refractivity contribution in [3.8, 4) is 0 Å². The van der Waals surface area contributed by atoms with E-state index in [4.69, 9.17) is 0 Å². The lowest BCUT2D eigenvalue weighted by Gasteiger charge is -2.19. The highest BCUT2D eigenvalue weighted by atomic mass is 32.2. The largest absolute Gasteiger partial charge is 0.392 e. The van der Waals surface area contributed by atoms with Crippen LogP contribution in [0.5, 0.6) is 0 Å². The van der Waals surface area contributed by atoms with E-state index in [-0.39, 0.29) is 11.1 Å². The van der Waals surface area contributed by atoms with Crippen molar-refractivity contribution in [1.29, 1.82) is 0 Å². The number of hydrogen-bond donors (Lipinski definition) is 1. The summed E-state index contributed by atoms with van der Waals surface area (Å²) in [4.78, 5) is 0.482. The summed E-state index contributed by atoms with van der Waals surface area (Å²) in [6.07, 6.45) is 3.98. The first-order valence-electron chi connectivity index (χ1n) is 6.02. The van der Waals surface area contributed by atoms with Crippen molar-refractivity contribution in [3.63, 3.8) is 0 Å². The quantitative estimate of drug-likeness (QED) is 0.826. The average Bonchev–Trinajstić information content (AvgIpc) is 2.53. The summed E-state index contributed by atoms with van der Waals surface area (Å²) in [6, 6.07) is 5.86. The second kappa shape index (κ2) is 5.74. The van der Waals surface area contributed by atoms with Crippen LogP contribution in [-0.2, 0) is 10.8 Å². The maximum absolute atomic E-state index is 13.1. The van der Waals surface area contributed by atoms with Crippen LogP contribution in [0, 0.1) is 5.82 Å². The van der Waals surface area contributed by atoms with Crippen molar-refractivity contribution in [2.75, 3.05) is 0 Å². The van der Waals surface area contributed by atoms with Gasteiger partial charge in [-0.05, 0) is 31.0 Å². The fourth-order valence-electron chi connectivity index (χ4n) is 2.27. The van der Waals surface area contributed by atoms with E-state index in [1.54, 1.807) is 12.1 Å². The maximum Gasteiger partial charge on any atom is 0.124 e. The molecule has 1 fully saturated rings. The van der Waals surface area contributed by atoms with Crippen molar-refractivity contribution < 1.29 is 13.7 Å². The summed E-state index contributed by atoms with van der Waals surface area (Å²) < 4.78 is 25.4. The van der Waals surface area contributed by atoms with E-state index >= 15 is 0 Å². The van der Waals surface area contributed by atoms with E-state index in [0.717, 1.165) is 25.7 Å². The van der Waals surface area contributed by atoms with E-state index < -0.39 is 16.9 Å². The van der Waals surface area contributed by atoms with Crippen molar-refractivity contribution >= 4 is 10.8 Å². The molecule has 0 bridgehead atoms. The molecule has 94 valence electrons. The van der Waals surface area contributed by atoms with Crippen LogP contribution in [0.25, 0.3) is 0 Å². The predicted octanol–water partition coefficient (Wildman–Crippen LogP) is 2.63. The molecule has 0 aliphatic heterocycles. The number of aliphatic hydroxyl groups is 1. The van der Waals surface area contributed by atoms with Gasteiger partial charge in [-0.15, -0.1) is 0 Å². The van der Waals surface area contributed by atoms with E-state index in [1.165, 1.54) is 12.1 Å². The molecule has 1 aromatic rings. The summed E-state index contributed by atoms with van der Waals surface area (Å²) in [5, 5.41) is 9.71. The third-order valence-corrected chi connectivity index (χ3v) is 5.04. The first-order valence-corrected chi connectivity index (χ1v) is 7.24. The maximum atomic E-state index is 13.1. The van der Waals surface area contributed by atoms with Gasteiger partial charge in [0.25, 0.3) is 0 Å². The molecule has 0 radical (unpaired) electrons. The molecule has 1 aliphatic rings. The van der Waals surface area contributed by atoms with Crippen LogP contribution in [-0.4, -0.2) is 20.7 Å². The molecule has 0 spiro atoms. The summed E-state index contributed by atoms with van der Waals surface area (Å²) >= 11 is 0. The molecule has 1 aromatic carbocycles. The van der Waals surface area contributed by atoms with Gasteiger partial charge in [0.2, 0.25) is 0 Å². The Morgan fingerprint density at radius 2 is 2.00 bits per heavy atom. The minimum Gasteiger partial charge on any atom is -0.392 e. The summed E-state index contributed by atoms with van der Waals surface area (Å²) in [6.45, 7) is 0. The molecule has 1 N–H and O–H groups in total. The van der Waals surface area contributed by atoms with E-state index in [2.05, 4.69) is 0 Å². The van der Waals surface area contributed by atoms with Gasteiger partial charge in [-0.25, -0.2) is 4.39 Å². The van der Waals surface area contributed by atoms with Gasteiger partial charge in [0.1, 0.15) is 5.82 Å². The first kappa shape index (κ1) is 12.7. The molecular weight excluding hydrogens is 239 g/mol. The number of aliphatic hydroxyl groups excluding tert-OH is 1. The zero-order valence-corrected chi connectivity index (χ0v) is 10.5. The number of halogens is 1. The number of rotatable bonds is 2. The predicted molar refractivity (Wildman–Crippen MR) is 65.7 cm³/mol. The summed E-state index contributed by atoms with van der Waals surface area (Å²) in [7, 11) is -1.31. The molecule has 3 unspecified atom stereocenters. The topological polar surface area (TPSA) is 37.3 Å². The normalized spacial score (nSPS) is 27.4. The highest BCUT2D eigenvalue weighted by Crippen LogP contribution is 2.25. The molecule has 0 heterocycles. The average molecular weight is 256 g/mol. The third kappa shape index (κ3) is 3.13. The highest BCUT2D eigenvalue weighted by Gasteiger charge is 2.27.